The van der Waals surface area contributed by atoms with Gasteiger partial charge in [0.05, 0.1) is 10.8 Å². The number of halogens is 4. The van der Waals surface area contributed by atoms with Gasteiger partial charge in [-0.1, -0.05) is 29.3 Å². The molecule has 4 nitrogen and oxygen atoms in total. The number of thioether (sulfide) groups is 1. The fourth-order valence-electron chi connectivity index (χ4n) is 1.79. The Morgan fingerprint density at radius 3 is 2.54 bits per heavy atom. The lowest BCUT2D eigenvalue weighted by atomic mass is 10.2. The Kier molecular flexibility index (Phi) is 7.89. The van der Waals surface area contributed by atoms with Crippen molar-refractivity contribution in [1.29, 1.82) is 0 Å². The molecule has 26 heavy (non-hydrogen) atoms. The van der Waals surface area contributed by atoms with Crippen LogP contribution >= 0.6 is 47.2 Å². The van der Waals surface area contributed by atoms with Crippen molar-refractivity contribution in [2.45, 2.75) is 5.75 Å². The number of hydrazine groups is 1. The summed E-state index contributed by atoms with van der Waals surface area (Å²) < 4.78 is 26.0. The largest absolute Gasteiger partial charge is 0.331 e. The van der Waals surface area contributed by atoms with Crippen molar-refractivity contribution < 1.29 is 13.6 Å². The highest BCUT2D eigenvalue weighted by Crippen LogP contribution is 2.22. The zero-order valence-corrected chi connectivity index (χ0v) is 16.3. The summed E-state index contributed by atoms with van der Waals surface area (Å²) in [5.41, 5.74) is 6.17. The first kappa shape index (κ1) is 20.7. The van der Waals surface area contributed by atoms with Crippen LogP contribution in [0.1, 0.15) is 5.56 Å². The van der Waals surface area contributed by atoms with Gasteiger partial charge in [-0.3, -0.25) is 15.6 Å². The normalized spacial score (nSPS) is 10.3. The number of anilines is 1. The number of hydrogen-bond acceptors (Lipinski definition) is 3. The van der Waals surface area contributed by atoms with Crippen LogP contribution in [-0.2, 0) is 10.5 Å². The minimum atomic E-state index is -0.539. The van der Waals surface area contributed by atoms with Gasteiger partial charge in [0, 0.05) is 16.5 Å². The third-order valence-corrected chi connectivity index (χ3v) is 4.83. The summed E-state index contributed by atoms with van der Waals surface area (Å²) in [5.74, 6) is -0.652. The Hall–Kier alpha value is -1.61. The maximum absolute atomic E-state index is 13.1. The molecular formula is C16H13Cl2F2N3OS2. The van der Waals surface area contributed by atoms with E-state index in [9.17, 15) is 13.6 Å². The summed E-state index contributed by atoms with van der Waals surface area (Å²) in [4.78, 5) is 11.8. The molecule has 3 N–H and O–H groups in total. The predicted molar refractivity (Wildman–Crippen MR) is 106 cm³/mol. The van der Waals surface area contributed by atoms with Crippen LogP contribution in [0.4, 0.5) is 14.5 Å². The molecule has 138 valence electrons. The molecule has 0 radical (unpaired) electrons. The Balaban J connectivity index is 1.70. The number of hydrogen-bond donors (Lipinski definition) is 3. The summed E-state index contributed by atoms with van der Waals surface area (Å²) in [6.07, 6.45) is 0. The fraction of sp³-hybridized carbons (Fsp3) is 0.125. The molecule has 0 saturated heterocycles. The van der Waals surface area contributed by atoms with Gasteiger partial charge < -0.3 is 5.32 Å². The Morgan fingerprint density at radius 1 is 1.08 bits per heavy atom. The number of thiocarbonyl (C=S) groups is 1. The van der Waals surface area contributed by atoms with Gasteiger partial charge in [-0.2, -0.15) is 0 Å². The molecule has 0 bridgehead atoms. The van der Waals surface area contributed by atoms with Crippen LogP contribution in [0.25, 0.3) is 0 Å². The fourth-order valence-corrected chi connectivity index (χ4v) is 3.29. The molecule has 10 heteroatoms. The SMILES string of the molecule is O=C(CSCc1ccc(F)cc1Cl)NNC(=S)Nc1ccc(F)c(Cl)c1. The molecule has 0 fully saturated rings. The Bertz CT molecular complexity index is 824. The first-order valence-corrected chi connectivity index (χ1v) is 9.49. The van der Waals surface area contributed by atoms with E-state index in [1.807, 2.05) is 0 Å². The lowest BCUT2D eigenvalue weighted by molar-refractivity contribution is -0.119. The smallest absolute Gasteiger partial charge is 0.248 e. The van der Waals surface area contributed by atoms with Crippen LogP contribution in [-0.4, -0.2) is 16.8 Å². The van der Waals surface area contributed by atoms with Crippen molar-refractivity contribution in [3.63, 3.8) is 0 Å². The number of nitrogens with one attached hydrogen (secondary N) is 3. The number of rotatable bonds is 5. The number of amides is 1. The number of carbonyl (C=O) groups is 1. The zero-order chi connectivity index (χ0) is 19.1. The van der Waals surface area contributed by atoms with Crippen LogP contribution < -0.4 is 16.2 Å². The second kappa shape index (κ2) is 9.91. The average molecular weight is 436 g/mol. The van der Waals surface area contributed by atoms with Gasteiger partial charge in [-0.25, -0.2) is 8.78 Å². The van der Waals surface area contributed by atoms with Crippen molar-refractivity contribution in [2.75, 3.05) is 11.1 Å². The maximum atomic E-state index is 13.1. The molecule has 2 aromatic carbocycles. The topological polar surface area (TPSA) is 53.2 Å². The van der Waals surface area contributed by atoms with Gasteiger partial charge in [0.15, 0.2) is 5.11 Å². The molecule has 0 aromatic heterocycles. The van der Waals surface area contributed by atoms with E-state index in [1.165, 1.54) is 42.1 Å². The molecular weight excluding hydrogens is 423 g/mol. The molecule has 2 rings (SSSR count). The van der Waals surface area contributed by atoms with E-state index in [4.69, 9.17) is 35.4 Å². The monoisotopic (exact) mass is 435 g/mol. The molecule has 0 heterocycles. The van der Waals surface area contributed by atoms with E-state index >= 15 is 0 Å². The molecule has 0 atom stereocenters. The molecule has 0 unspecified atom stereocenters. The summed E-state index contributed by atoms with van der Waals surface area (Å²) in [6, 6.07) is 8.14. The first-order valence-electron chi connectivity index (χ1n) is 7.17. The van der Waals surface area contributed by atoms with Crippen LogP contribution in [0.3, 0.4) is 0 Å². The third kappa shape index (κ3) is 6.60. The standard InChI is InChI=1S/C16H13Cl2F2N3OS2/c17-12-5-10(19)2-1-9(12)7-26-8-15(24)22-23-16(25)21-11-3-4-14(20)13(18)6-11/h1-6H,7-8H2,(H,22,24)(H2,21,23,25). The van der Waals surface area contributed by atoms with Gasteiger partial charge in [0.2, 0.25) is 5.91 Å². The Morgan fingerprint density at radius 2 is 1.85 bits per heavy atom. The molecule has 1 amide bonds. The van der Waals surface area contributed by atoms with Crippen LogP contribution in [0.2, 0.25) is 10.0 Å². The summed E-state index contributed by atoms with van der Waals surface area (Å²) in [5, 5.41) is 3.15. The quantitative estimate of drug-likeness (QED) is 0.475. The van der Waals surface area contributed by atoms with Crippen LogP contribution in [0, 0.1) is 11.6 Å². The third-order valence-electron chi connectivity index (χ3n) is 3.00. The molecule has 0 spiro atoms. The van der Waals surface area contributed by atoms with E-state index in [1.54, 1.807) is 6.07 Å². The highest BCUT2D eigenvalue weighted by molar-refractivity contribution is 7.99. The van der Waals surface area contributed by atoms with Crippen molar-refractivity contribution in [3.8, 4) is 0 Å². The first-order chi connectivity index (χ1) is 12.3. The molecule has 2 aromatic rings. The van der Waals surface area contributed by atoms with E-state index in [0.717, 1.165) is 5.56 Å². The van der Waals surface area contributed by atoms with Gasteiger partial charge in [0.1, 0.15) is 11.6 Å². The highest BCUT2D eigenvalue weighted by atomic mass is 35.5. The van der Waals surface area contributed by atoms with Gasteiger partial charge in [-0.05, 0) is 48.1 Å². The van der Waals surface area contributed by atoms with Crippen molar-refractivity contribution in [2.24, 2.45) is 0 Å². The van der Waals surface area contributed by atoms with E-state index in [0.29, 0.717) is 16.5 Å². The van der Waals surface area contributed by atoms with Crippen molar-refractivity contribution >= 4 is 63.9 Å². The Labute approximate surface area is 168 Å². The van der Waals surface area contributed by atoms with Crippen LogP contribution in [0.15, 0.2) is 36.4 Å². The zero-order valence-electron chi connectivity index (χ0n) is 13.1. The molecule has 0 saturated carbocycles. The van der Waals surface area contributed by atoms with E-state index < -0.39 is 11.6 Å². The number of carbonyl (C=O) groups excluding carboxylic acids is 1. The van der Waals surface area contributed by atoms with Crippen molar-refractivity contribution in [1.82, 2.24) is 10.9 Å². The maximum Gasteiger partial charge on any atom is 0.248 e. The second-order valence-corrected chi connectivity index (χ2v) is 7.19. The summed E-state index contributed by atoms with van der Waals surface area (Å²) in [6.45, 7) is 0. The van der Waals surface area contributed by atoms with Crippen molar-refractivity contribution in [3.05, 3.63) is 63.6 Å². The van der Waals surface area contributed by atoms with Gasteiger partial charge in [0.25, 0.3) is 0 Å². The summed E-state index contributed by atoms with van der Waals surface area (Å²) in [7, 11) is 0. The molecule has 0 aliphatic rings. The molecule has 0 aliphatic heterocycles. The minimum absolute atomic E-state index is 0.0438. The highest BCUT2D eigenvalue weighted by Gasteiger charge is 2.07. The van der Waals surface area contributed by atoms with E-state index in [-0.39, 0.29) is 21.8 Å². The average Bonchev–Trinajstić information content (AvgIpc) is 2.58. The minimum Gasteiger partial charge on any atom is -0.331 e. The lowest BCUT2D eigenvalue weighted by Gasteiger charge is -2.12. The van der Waals surface area contributed by atoms with E-state index in [2.05, 4.69) is 16.2 Å². The predicted octanol–water partition coefficient (Wildman–Crippen LogP) is 4.52. The van der Waals surface area contributed by atoms with Crippen LogP contribution in [0.5, 0.6) is 0 Å². The lowest BCUT2D eigenvalue weighted by Crippen LogP contribution is -2.44. The second-order valence-electron chi connectivity index (χ2n) is 4.98. The van der Waals surface area contributed by atoms with Gasteiger partial charge in [-0.15, -0.1) is 11.8 Å². The number of benzene rings is 2. The molecule has 0 aliphatic carbocycles. The van der Waals surface area contributed by atoms with Gasteiger partial charge >= 0.3 is 0 Å². The summed E-state index contributed by atoms with van der Waals surface area (Å²) >= 11 is 17.9.